The zero-order valence-electron chi connectivity index (χ0n) is 12.1. The molecule has 1 amide bonds. The first kappa shape index (κ1) is 13.4. The van der Waals surface area contributed by atoms with Gasteiger partial charge < -0.3 is 10.6 Å². The van der Waals surface area contributed by atoms with E-state index >= 15 is 0 Å². The highest BCUT2D eigenvalue weighted by Crippen LogP contribution is 2.44. The van der Waals surface area contributed by atoms with Crippen molar-refractivity contribution in [2.24, 2.45) is 11.8 Å². The summed E-state index contributed by atoms with van der Waals surface area (Å²) in [5.41, 5.74) is 0.673. The van der Waals surface area contributed by atoms with Crippen LogP contribution in [0.2, 0.25) is 0 Å². The molecule has 0 bridgehead atoms. The summed E-state index contributed by atoms with van der Waals surface area (Å²) in [6, 6.07) is 4.08. The zero-order chi connectivity index (χ0) is 13.9. The second-order valence-corrected chi connectivity index (χ2v) is 6.00. The van der Waals surface area contributed by atoms with Crippen molar-refractivity contribution in [1.82, 2.24) is 10.3 Å². The fourth-order valence-corrected chi connectivity index (χ4v) is 2.73. The minimum atomic E-state index is 0.0282. The molecule has 2 aliphatic carbocycles. The third-order valence-electron chi connectivity index (χ3n) is 4.15. The monoisotopic (exact) mass is 273 g/mol. The molecule has 4 nitrogen and oxygen atoms in total. The van der Waals surface area contributed by atoms with Gasteiger partial charge in [-0.05, 0) is 56.1 Å². The minimum absolute atomic E-state index is 0.0282. The van der Waals surface area contributed by atoms with E-state index in [0.717, 1.165) is 24.8 Å². The van der Waals surface area contributed by atoms with Crippen LogP contribution in [0.15, 0.2) is 18.3 Å². The van der Waals surface area contributed by atoms with Gasteiger partial charge in [0, 0.05) is 18.8 Å². The van der Waals surface area contributed by atoms with Gasteiger partial charge in [0.05, 0.1) is 5.56 Å². The zero-order valence-corrected chi connectivity index (χ0v) is 12.1. The lowest BCUT2D eigenvalue weighted by molar-refractivity contribution is 0.0927. The van der Waals surface area contributed by atoms with E-state index in [9.17, 15) is 4.79 Å². The molecule has 0 aliphatic heterocycles. The van der Waals surface area contributed by atoms with Gasteiger partial charge in [-0.15, -0.1) is 0 Å². The molecule has 2 fully saturated rings. The first-order chi connectivity index (χ1) is 9.79. The average Bonchev–Trinajstić information content (AvgIpc) is 3.35. The Morgan fingerprint density at radius 2 is 2.05 bits per heavy atom. The van der Waals surface area contributed by atoms with Gasteiger partial charge in [0.2, 0.25) is 0 Å². The Labute approximate surface area is 120 Å². The number of amides is 1. The van der Waals surface area contributed by atoms with E-state index in [-0.39, 0.29) is 5.91 Å². The number of aromatic nitrogens is 1. The maximum atomic E-state index is 12.5. The van der Waals surface area contributed by atoms with Gasteiger partial charge in [-0.1, -0.05) is 6.92 Å². The summed E-state index contributed by atoms with van der Waals surface area (Å²) in [5, 5.41) is 6.49. The highest BCUT2D eigenvalue weighted by Gasteiger charge is 2.42. The van der Waals surface area contributed by atoms with Crippen molar-refractivity contribution >= 4 is 11.7 Å². The molecule has 108 valence electrons. The maximum absolute atomic E-state index is 12.5. The third kappa shape index (κ3) is 3.11. The van der Waals surface area contributed by atoms with Crippen molar-refractivity contribution in [2.75, 3.05) is 11.9 Å². The number of hydrogen-bond acceptors (Lipinski definition) is 3. The molecule has 3 rings (SSSR count). The fourth-order valence-electron chi connectivity index (χ4n) is 2.73. The summed E-state index contributed by atoms with van der Waals surface area (Å²) in [6.45, 7) is 2.94. The van der Waals surface area contributed by atoms with E-state index in [4.69, 9.17) is 0 Å². The largest absolute Gasteiger partial charge is 0.369 e. The predicted molar refractivity (Wildman–Crippen MR) is 79.7 cm³/mol. The Bertz CT molecular complexity index is 468. The molecule has 0 radical (unpaired) electrons. The van der Waals surface area contributed by atoms with Gasteiger partial charge in [-0.3, -0.25) is 4.79 Å². The quantitative estimate of drug-likeness (QED) is 0.803. The number of hydrogen-bond donors (Lipinski definition) is 2. The van der Waals surface area contributed by atoms with Crippen LogP contribution < -0.4 is 10.6 Å². The van der Waals surface area contributed by atoms with Crippen LogP contribution in [0.4, 0.5) is 5.82 Å². The first-order valence-corrected chi connectivity index (χ1v) is 7.79. The summed E-state index contributed by atoms with van der Waals surface area (Å²) in [7, 11) is 0. The van der Waals surface area contributed by atoms with Crippen molar-refractivity contribution in [2.45, 2.75) is 45.1 Å². The van der Waals surface area contributed by atoms with Crippen LogP contribution in [0.5, 0.6) is 0 Å². The van der Waals surface area contributed by atoms with E-state index in [0.29, 0.717) is 17.4 Å². The van der Waals surface area contributed by atoms with E-state index < -0.39 is 0 Å². The van der Waals surface area contributed by atoms with Crippen LogP contribution in [0.1, 0.15) is 49.4 Å². The van der Waals surface area contributed by atoms with Crippen LogP contribution in [0.3, 0.4) is 0 Å². The summed E-state index contributed by atoms with van der Waals surface area (Å²) < 4.78 is 0. The second-order valence-electron chi connectivity index (χ2n) is 6.00. The maximum Gasteiger partial charge on any atom is 0.255 e. The molecule has 2 aliphatic rings. The third-order valence-corrected chi connectivity index (χ3v) is 4.15. The number of rotatable bonds is 7. The standard InChI is InChI=1S/C16H23N3O/c1-2-9-17-15-13(4-3-10-18-15)16(20)19-14(11-5-6-11)12-7-8-12/h3-4,10-12,14H,2,5-9H2,1H3,(H,17,18)(H,19,20). The van der Waals surface area contributed by atoms with Gasteiger partial charge in [0.15, 0.2) is 0 Å². The molecule has 0 saturated heterocycles. The van der Waals surface area contributed by atoms with Crippen LogP contribution >= 0.6 is 0 Å². The van der Waals surface area contributed by atoms with E-state index in [1.165, 1.54) is 25.7 Å². The number of nitrogens with zero attached hydrogens (tertiary/aromatic N) is 1. The molecule has 0 spiro atoms. The summed E-state index contributed by atoms with van der Waals surface area (Å²) in [4.78, 5) is 16.8. The Kier molecular flexibility index (Phi) is 3.90. The lowest BCUT2D eigenvalue weighted by Gasteiger charge is -2.18. The number of carbonyl (C=O) groups excluding carboxylic acids is 1. The van der Waals surface area contributed by atoms with Crippen LogP contribution in [-0.2, 0) is 0 Å². The van der Waals surface area contributed by atoms with Crippen molar-refractivity contribution in [3.8, 4) is 0 Å². The average molecular weight is 273 g/mol. The molecule has 20 heavy (non-hydrogen) atoms. The highest BCUT2D eigenvalue weighted by atomic mass is 16.1. The van der Waals surface area contributed by atoms with Crippen molar-refractivity contribution in [3.63, 3.8) is 0 Å². The highest BCUT2D eigenvalue weighted by molar-refractivity contribution is 5.98. The smallest absolute Gasteiger partial charge is 0.255 e. The van der Waals surface area contributed by atoms with E-state index in [2.05, 4.69) is 22.5 Å². The number of anilines is 1. The molecule has 2 saturated carbocycles. The lowest BCUT2D eigenvalue weighted by Crippen LogP contribution is -2.38. The molecule has 0 atom stereocenters. The summed E-state index contributed by atoms with van der Waals surface area (Å²) in [5.74, 6) is 2.17. The Balaban J connectivity index is 1.69. The predicted octanol–water partition coefficient (Wildman–Crippen LogP) is 2.82. The molecular weight excluding hydrogens is 250 g/mol. The molecule has 1 heterocycles. The summed E-state index contributed by atoms with van der Waals surface area (Å²) in [6.07, 6.45) is 7.84. The van der Waals surface area contributed by atoms with E-state index in [1.54, 1.807) is 6.20 Å². The Morgan fingerprint density at radius 1 is 1.35 bits per heavy atom. The number of pyridine rings is 1. The topological polar surface area (TPSA) is 54.0 Å². The molecular formula is C16H23N3O. The molecule has 0 unspecified atom stereocenters. The minimum Gasteiger partial charge on any atom is -0.369 e. The Morgan fingerprint density at radius 3 is 2.65 bits per heavy atom. The first-order valence-electron chi connectivity index (χ1n) is 7.79. The normalized spacial score (nSPS) is 18.1. The fraction of sp³-hybridized carbons (Fsp3) is 0.625. The van der Waals surface area contributed by atoms with Gasteiger partial charge >= 0.3 is 0 Å². The summed E-state index contributed by atoms with van der Waals surface area (Å²) >= 11 is 0. The number of nitrogens with one attached hydrogen (secondary N) is 2. The second kappa shape index (κ2) is 5.81. The number of carbonyl (C=O) groups is 1. The molecule has 1 aromatic heterocycles. The van der Waals surface area contributed by atoms with Crippen LogP contribution in [0.25, 0.3) is 0 Å². The SMILES string of the molecule is CCCNc1ncccc1C(=O)NC(C1CC1)C1CC1. The van der Waals surface area contributed by atoms with Gasteiger partial charge in [0.25, 0.3) is 5.91 Å². The molecule has 2 N–H and O–H groups in total. The van der Waals surface area contributed by atoms with Gasteiger partial charge in [-0.2, -0.15) is 0 Å². The lowest BCUT2D eigenvalue weighted by atomic mass is 10.1. The molecule has 4 heteroatoms. The van der Waals surface area contributed by atoms with E-state index in [1.807, 2.05) is 12.1 Å². The van der Waals surface area contributed by atoms with Gasteiger partial charge in [-0.25, -0.2) is 4.98 Å². The van der Waals surface area contributed by atoms with Crippen molar-refractivity contribution < 1.29 is 4.79 Å². The van der Waals surface area contributed by atoms with Crippen LogP contribution in [-0.4, -0.2) is 23.5 Å². The Hall–Kier alpha value is -1.58. The van der Waals surface area contributed by atoms with Crippen molar-refractivity contribution in [3.05, 3.63) is 23.9 Å². The molecule has 0 aromatic carbocycles. The van der Waals surface area contributed by atoms with Crippen molar-refractivity contribution in [1.29, 1.82) is 0 Å². The van der Waals surface area contributed by atoms with Crippen LogP contribution in [0, 0.1) is 11.8 Å². The van der Waals surface area contributed by atoms with Gasteiger partial charge in [0.1, 0.15) is 5.82 Å². The molecule has 1 aromatic rings.